The Kier molecular flexibility index (Phi) is 2.30. The van der Waals surface area contributed by atoms with E-state index < -0.39 is 0 Å². The molecule has 58 valence electrons. The van der Waals surface area contributed by atoms with E-state index in [0.717, 1.165) is 19.3 Å². The minimum atomic E-state index is 0.227. The molecule has 1 aliphatic rings. The van der Waals surface area contributed by atoms with E-state index in [-0.39, 0.29) is 5.91 Å². The molecule has 0 aromatic rings. The summed E-state index contributed by atoms with van der Waals surface area (Å²) in [7, 11) is 0. The number of piperidine rings is 1. The number of nitrogens with one attached hydrogen (secondary N) is 1. The number of hydrogen-bond donors (Lipinski definition) is 1. The van der Waals surface area contributed by atoms with Crippen LogP contribution >= 0.6 is 0 Å². The Balaban J connectivity index is 2.45. The third kappa shape index (κ3) is 1.49. The zero-order valence-electron chi connectivity index (χ0n) is 6.68. The molecule has 2 unspecified atom stereocenters. The van der Waals surface area contributed by atoms with Crippen molar-refractivity contribution in [2.45, 2.75) is 39.2 Å². The molecule has 0 spiro atoms. The molecule has 1 saturated heterocycles. The van der Waals surface area contributed by atoms with Crippen LogP contribution in [0.2, 0.25) is 0 Å². The van der Waals surface area contributed by atoms with Crippen molar-refractivity contribution in [3.63, 3.8) is 0 Å². The van der Waals surface area contributed by atoms with Gasteiger partial charge in [0.2, 0.25) is 5.91 Å². The monoisotopic (exact) mass is 141 g/mol. The van der Waals surface area contributed by atoms with Gasteiger partial charge in [0.05, 0.1) is 0 Å². The van der Waals surface area contributed by atoms with E-state index in [2.05, 4.69) is 19.2 Å². The Hall–Kier alpha value is -0.530. The van der Waals surface area contributed by atoms with Crippen LogP contribution in [0.5, 0.6) is 0 Å². The van der Waals surface area contributed by atoms with Crippen molar-refractivity contribution in [1.29, 1.82) is 0 Å². The summed E-state index contributed by atoms with van der Waals surface area (Å²) in [6.45, 7) is 4.32. The van der Waals surface area contributed by atoms with Crippen LogP contribution in [0, 0.1) is 5.92 Å². The summed E-state index contributed by atoms with van der Waals surface area (Å²) in [6, 6.07) is 0.432. The fourth-order valence-electron chi connectivity index (χ4n) is 1.49. The minimum Gasteiger partial charge on any atom is -0.353 e. The van der Waals surface area contributed by atoms with Crippen LogP contribution in [-0.2, 0) is 4.79 Å². The molecule has 1 fully saturated rings. The Morgan fingerprint density at radius 2 is 2.40 bits per heavy atom. The van der Waals surface area contributed by atoms with E-state index in [1.165, 1.54) is 0 Å². The normalized spacial score (nSPS) is 33.6. The highest BCUT2D eigenvalue weighted by Crippen LogP contribution is 2.17. The van der Waals surface area contributed by atoms with Crippen molar-refractivity contribution in [2.24, 2.45) is 5.92 Å². The highest BCUT2D eigenvalue weighted by molar-refractivity contribution is 5.77. The summed E-state index contributed by atoms with van der Waals surface area (Å²) < 4.78 is 0. The average molecular weight is 141 g/mol. The Bertz CT molecular complexity index is 133. The summed E-state index contributed by atoms with van der Waals surface area (Å²) in [5.74, 6) is 0.896. The van der Waals surface area contributed by atoms with Crippen molar-refractivity contribution in [1.82, 2.24) is 5.32 Å². The van der Waals surface area contributed by atoms with Crippen molar-refractivity contribution >= 4 is 5.91 Å². The second-order valence-corrected chi connectivity index (χ2v) is 3.10. The molecule has 0 radical (unpaired) electrons. The van der Waals surface area contributed by atoms with E-state index >= 15 is 0 Å². The molecule has 2 nitrogen and oxygen atoms in total. The van der Waals surface area contributed by atoms with Crippen molar-refractivity contribution in [3.8, 4) is 0 Å². The predicted molar refractivity (Wildman–Crippen MR) is 40.6 cm³/mol. The second kappa shape index (κ2) is 3.04. The zero-order valence-corrected chi connectivity index (χ0v) is 6.68. The third-order valence-electron chi connectivity index (χ3n) is 2.30. The van der Waals surface area contributed by atoms with Crippen molar-refractivity contribution < 1.29 is 4.79 Å². The van der Waals surface area contributed by atoms with Crippen LogP contribution in [0.25, 0.3) is 0 Å². The first-order valence-electron chi connectivity index (χ1n) is 4.03. The summed E-state index contributed by atoms with van der Waals surface area (Å²) in [4.78, 5) is 10.9. The molecule has 1 N–H and O–H groups in total. The van der Waals surface area contributed by atoms with Gasteiger partial charge in [0, 0.05) is 12.5 Å². The SMILES string of the molecule is CCC1NC(=O)CCC1C. The van der Waals surface area contributed by atoms with Gasteiger partial charge in [-0.25, -0.2) is 0 Å². The van der Waals surface area contributed by atoms with Crippen LogP contribution in [0.15, 0.2) is 0 Å². The Labute approximate surface area is 62.0 Å². The molecule has 1 heterocycles. The molecule has 10 heavy (non-hydrogen) atoms. The van der Waals surface area contributed by atoms with Crippen LogP contribution in [0.4, 0.5) is 0 Å². The first-order chi connectivity index (χ1) is 4.74. The summed E-state index contributed by atoms with van der Waals surface area (Å²) in [5.41, 5.74) is 0. The quantitative estimate of drug-likeness (QED) is 0.586. The van der Waals surface area contributed by atoms with Gasteiger partial charge >= 0.3 is 0 Å². The van der Waals surface area contributed by atoms with Crippen molar-refractivity contribution in [2.75, 3.05) is 0 Å². The van der Waals surface area contributed by atoms with Gasteiger partial charge in [-0.2, -0.15) is 0 Å². The molecule has 0 bridgehead atoms. The van der Waals surface area contributed by atoms with Gasteiger partial charge in [-0.15, -0.1) is 0 Å². The van der Waals surface area contributed by atoms with Gasteiger partial charge in [-0.3, -0.25) is 4.79 Å². The van der Waals surface area contributed by atoms with Gasteiger partial charge in [0.25, 0.3) is 0 Å². The van der Waals surface area contributed by atoms with Crippen LogP contribution < -0.4 is 5.32 Å². The number of hydrogen-bond acceptors (Lipinski definition) is 1. The Morgan fingerprint density at radius 1 is 1.70 bits per heavy atom. The maximum Gasteiger partial charge on any atom is 0.220 e. The standard InChI is InChI=1S/C8H15NO/c1-3-7-6(2)4-5-8(10)9-7/h6-7H,3-5H2,1-2H3,(H,9,10). The van der Waals surface area contributed by atoms with Crippen LogP contribution in [0.3, 0.4) is 0 Å². The first kappa shape index (κ1) is 7.58. The molecule has 1 rings (SSSR count). The number of carbonyl (C=O) groups excluding carboxylic acids is 1. The molecule has 1 amide bonds. The highest BCUT2D eigenvalue weighted by atomic mass is 16.1. The second-order valence-electron chi connectivity index (χ2n) is 3.10. The van der Waals surface area contributed by atoms with Crippen LogP contribution in [0.1, 0.15) is 33.1 Å². The lowest BCUT2D eigenvalue weighted by Gasteiger charge is -2.28. The molecule has 1 aliphatic heterocycles. The molecule has 0 saturated carbocycles. The van der Waals surface area contributed by atoms with Gasteiger partial charge in [0.1, 0.15) is 0 Å². The summed E-state index contributed by atoms with van der Waals surface area (Å²) in [6.07, 6.45) is 2.84. The van der Waals surface area contributed by atoms with Crippen LogP contribution in [-0.4, -0.2) is 11.9 Å². The van der Waals surface area contributed by atoms with E-state index in [4.69, 9.17) is 0 Å². The van der Waals surface area contributed by atoms with E-state index in [1.54, 1.807) is 0 Å². The molecule has 0 aromatic carbocycles. The lowest BCUT2D eigenvalue weighted by molar-refractivity contribution is -0.124. The van der Waals surface area contributed by atoms with Gasteiger partial charge in [-0.05, 0) is 18.8 Å². The van der Waals surface area contributed by atoms with Gasteiger partial charge in [0.15, 0.2) is 0 Å². The molecule has 0 aliphatic carbocycles. The number of carbonyl (C=O) groups is 1. The fourth-order valence-corrected chi connectivity index (χ4v) is 1.49. The summed E-state index contributed by atoms with van der Waals surface area (Å²) in [5, 5.41) is 2.98. The molecular weight excluding hydrogens is 126 g/mol. The van der Waals surface area contributed by atoms with E-state index in [9.17, 15) is 4.79 Å². The number of rotatable bonds is 1. The molecular formula is C8H15NO. The number of amides is 1. The smallest absolute Gasteiger partial charge is 0.220 e. The van der Waals surface area contributed by atoms with E-state index in [0.29, 0.717) is 12.0 Å². The molecule has 0 aromatic heterocycles. The van der Waals surface area contributed by atoms with Crippen molar-refractivity contribution in [3.05, 3.63) is 0 Å². The maximum atomic E-state index is 10.9. The minimum absolute atomic E-state index is 0.227. The lowest BCUT2D eigenvalue weighted by Crippen LogP contribution is -2.43. The predicted octanol–water partition coefficient (Wildman–Crippen LogP) is 1.31. The topological polar surface area (TPSA) is 29.1 Å². The third-order valence-corrected chi connectivity index (χ3v) is 2.30. The van der Waals surface area contributed by atoms with Gasteiger partial charge in [-0.1, -0.05) is 13.8 Å². The summed E-state index contributed by atoms with van der Waals surface area (Å²) >= 11 is 0. The largest absolute Gasteiger partial charge is 0.353 e. The Morgan fingerprint density at radius 3 is 2.90 bits per heavy atom. The molecule has 2 heteroatoms. The lowest BCUT2D eigenvalue weighted by atomic mass is 9.91. The maximum absolute atomic E-state index is 10.9. The van der Waals surface area contributed by atoms with Gasteiger partial charge < -0.3 is 5.32 Å². The van der Waals surface area contributed by atoms with E-state index in [1.807, 2.05) is 0 Å². The highest BCUT2D eigenvalue weighted by Gasteiger charge is 2.22. The molecule has 2 atom stereocenters. The fraction of sp³-hybridized carbons (Fsp3) is 0.875. The first-order valence-corrected chi connectivity index (χ1v) is 4.03. The zero-order chi connectivity index (χ0) is 7.56. The average Bonchev–Trinajstić information content (AvgIpc) is 1.94.